The lowest BCUT2D eigenvalue weighted by Gasteiger charge is -2.14. The first-order valence-corrected chi connectivity index (χ1v) is 11.3. The molecule has 0 saturated heterocycles. The molecular formula is C24H17ClIN3O6. The Morgan fingerprint density at radius 3 is 2.66 bits per heavy atom. The van der Waals surface area contributed by atoms with Gasteiger partial charge >= 0.3 is 0 Å². The summed E-state index contributed by atoms with van der Waals surface area (Å²) >= 11 is 8.24. The minimum absolute atomic E-state index is 0.0720. The zero-order valence-corrected chi connectivity index (χ0v) is 21.0. The smallest absolute Gasteiger partial charge is 0.273 e. The van der Waals surface area contributed by atoms with Gasteiger partial charge in [0, 0.05) is 16.7 Å². The van der Waals surface area contributed by atoms with Crippen LogP contribution in [0.1, 0.15) is 11.1 Å². The molecule has 2 N–H and O–H groups in total. The van der Waals surface area contributed by atoms with Crippen molar-refractivity contribution in [3.05, 3.63) is 90.0 Å². The summed E-state index contributed by atoms with van der Waals surface area (Å²) in [5.74, 6) is -0.435. The number of methoxy groups -OCH3 is 1. The van der Waals surface area contributed by atoms with Gasteiger partial charge < -0.3 is 19.9 Å². The molecule has 0 unspecified atom stereocenters. The number of nitro groups is 1. The van der Waals surface area contributed by atoms with E-state index in [0.717, 1.165) is 17.7 Å². The van der Waals surface area contributed by atoms with Crippen molar-refractivity contribution in [2.24, 2.45) is 0 Å². The Balaban J connectivity index is 1.83. The summed E-state index contributed by atoms with van der Waals surface area (Å²) in [6, 6.07) is 15.6. The highest BCUT2D eigenvalue weighted by atomic mass is 127. The molecule has 0 bridgehead atoms. The SMILES string of the molecule is COc1cc(/C=C(/C#N)C(=O)Nc2ccc([N+](=O)[O-])cc2O)cc(I)c1OCc1ccccc1Cl. The maximum absolute atomic E-state index is 12.6. The molecule has 0 spiro atoms. The molecule has 1 amide bonds. The highest BCUT2D eigenvalue weighted by Crippen LogP contribution is 2.36. The third-order valence-electron chi connectivity index (χ3n) is 4.70. The van der Waals surface area contributed by atoms with Crippen LogP contribution in [-0.2, 0) is 11.4 Å². The lowest BCUT2D eigenvalue weighted by Crippen LogP contribution is -2.13. The van der Waals surface area contributed by atoms with Crippen LogP contribution < -0.4 is 14.8 Å². The second-order valence-electron chi connectivity index (χ2n) is 7.00. The average Bonchev–Trinajstić information content (AvgIpc) is 2.83. The minimum atomic E-state index is -0.801. The summed E-state index contributed by atoms with van der Waals surface area (Å²) in [5.41, 5.74) is 0.627. The van der Waals surface area contributed by atoms with Crippen molar-refractivity contribution in [1.82, 2.24) is 0 Å². The molecule has 3 aromatic carbocycles. The molecule has 0 aliphatic heterocycles. The summed E-state index contributed by atoms with van der Waals surface area (Å²) in [5, 5.41) is 33.2. The molecule has 0 aliphatic rings. The fourth-order valence-corrected chi connectivity index (χ4v) is 3.94. The number of nitrogens with zero attached hydrogens (tertiary/aromatic N) is 2. The van der Waals surface area contributed by atoms with E-state index in [1.165, 1.54) is 19.3 Å². The zero-order chi connectivity index (χ0) is 25.5. The van der Waals surface area contributed by atoms with Crippen molar-refractivity contribution in [3.63, 3.8) is 0 Å². The Morgan fingerprint density at radius 1 is 1.29 bits per heavy atom. The number of nitriles is 1. The van der Waals surface area contributed by atoms with E-state index in [9.17, 15) is 25.3 Å². The second kappa shape index (κ2) is 11.5. The first-order valence-electron chi connectivity index (χ1n) is 9.87. The van der Waals surface area contributed by atoms with Gasteiger partial charge in [-0.2, -0.15) is 5.26 Å². The van der Waals surface area contributed by atoms with Crippen LogP contribution in [-0.4, -0.2) is 23.0 Å². The number of aromatic hydroxyl groups is 1. The Hall–Kier alpha value is -3.82. The number of hydrogen-bond donors (Lipinski definition) is 2. The lowest BCUT2D eigenvalue weighted by atomic mass is 10.1. The number of nitro benzene ring substituents is 1. The van der Waals surface area contributed by atoms with Gasteiger partial charge in [-0.3, -0.25) is 14.9 Å². The van der Waals surface area contributed by atoms with Crippen LogP contribution in [0.25, 0.3) is 6.08 Å². The number of amides is 1. The Labute approximate surface area is 218 Å². The first-order chi connectivity index (χ1) is 16.7. The maximum Gasteiger partial charge on any atom is 0.273 e. The number of non-ortho nitro benzene ring substituents is 1. The van der Waals surface area contributed by atoms with Crippen molar-refractivity contribution in [1.29, 1.82) is 5.26 Å². The first kappa shape index (κ1) is 25.8. The molecule has 0 fully saturated rings. The molecule has 0 heterocycles. The van der Waals surface area contributed by atoms with E-state index in [1.54, 1.807) is 18.2 Å². The molecule has 0 aliphatic carbocycles. The van der Waals surface area contributed by atoms with Crippen LogP contribution in [0.3, 0.4) is 0 Å². The van der Waals surface area contributed by atoms with Gasteiger partial charge in [0.15, 0.2) is 11.5 Å². The van der Waals surface area contributed by atoms with Crippen LogP contribution in [0, 0.1) is 25.0 Å². The van der Waals surface area contributed by atoms with Crippen LogP contribution >= 0.6 is 34.2 Å². The maximum atomic E-state index is 12.6. The molecule has 3 aromatic rings. The summed E-state index contributed by atoms with van der Waals surface area (Å²) in [4.78, 5) is 22.7. The third kappa shape index (κ3) is 6.40. The number of phenols is 1. The number of carbonyl (C=O) groups excluding carboxylic acids is 1. The number of benzene rings is 3. The summed E-state index contributed by atoms with van der Waals surface area (Å²) in [6.07, 6.45) is 1.35. The quantitative estimate of drug-likeness (QED) is 0.0841. The normalized spacial score (nSPS) is 10.9. The number of anilines is 1. The molecule has 35 heavy (non-hydrogen) atoms. The standard InChI is InChI=1S/C24H17ClIN3O6/c1-34-22-10-14(9-19(26)23(22)35-13-15-4-2-3-5-18(15)25)8-16(12-27)24(31)28-20-7-6-17(29(32)33)11-21(20)30/h2-11,30H,13H2,1H3,(H,28,31)/b16-8-. The van der Waals surface area contributed by atoms with Crippen LogP contribution in [0.15, 0.2) is 60.2 Å². The van der Waals surface area contributed by atoms with Crippen LogP contribution in [0.4, 0.5) is 11.4 Å². The fourth-order valence-electron chi connectivity index (χ4n) is 2.97. The van der Waals surface area contributed by atoms with Crippen LogP contribution in [0.5, 0.6) is 17.2 Å². The van der Waals surface area contributed by atoms with Gasteiger partial charge in [0.2, 0.25) is 0 Å². The number of hydrogen-bond acceptors (Lipinski definition) is 7. The lowest BCUT2D eigenvalue weighted by molar-refractivity contribution is -0.384. The number of ether oxygens (including phenoxy) is 2. The van der Waals surface area contributed by atoms with Gasteiger partial charge in [-0.15, -0.1) is 0 Å². The summed E-state index contributed by atoms with van der Waals surface area (Å²) in [7, 11) is 1.47. The van der Waals surface area contributed by atoms with Crippen LogP contribution in [0.2, 0.25) is 5.02 Å². The predicted molar refractivity (Wildman–Crippen MR) is 138 cm³/mol. The third-order valence-corrected chi connectivity index (χ3v) is 5.87. The largest absolute Gasteiger partial charge is 0.506 e. The highest BCUT2D eigenvalue weighted by molar-refractivity contribution is 14.1. The predicted octanol–water partition coefficient (Wildman–Crippen LogP) is 5.69. The van der Waals surface area contributed by atoms with E-state index in [1.807, 2.05) is 24.3 Å². The Bertz CT molecular complexity index is 1370. The summed E-state index contributed by atoms with van der Waals surface area (Å²) < 4.78 is 12.0. The van der Waals surface area contributed by atoms with E-state index in [2.05, 4.69) is 27.9 Å². The molecule has 0 radical (unpaired) electrons. The van der Waals surface area contributed by atoms with Gasteiger partial charge in [0.25, 0.3) is 11.6 Å². The van der Waals surface area contributed by atoms with Crippen molar-refractivity contribution in [3.8, 4) is 23.3 Å². The highest BCUT2D eigenvalue weighted by Gasteiger charge is 2.17. The minimum Gasteiger partial charge on any atom is -0.506 e. The van der Waals surface area contributed by atoms with Crippen molar-refractivity contribution in [2.45, 2.75) is 6.61 Å². The van der Waals surface area contributed by atoms with E-state index in [0.29, 0.717) is 25.7 Å². The second-order valence-corrected chi connectivity index (χ2v) is 8.57. The number of phenolic OH excluding ortho intramolecular Hbond substituents is 1. The fraction of sp³-hybridized carbons (Fsp3) is 0.0833. The topological polar surface area (TPSA) is 135 Å². The van der Waals surface area contributed by atoms with Gasteiger partial charge in [0.05, 0.1) is 27.4 Å². The molecule has 3 rings (SSSR count). The van der Waals surface area contributed by atoms with Crippen molar-refractivity contribution >= 4 is 57.5 Å². The van der Waals surface area contributed by atoms with E-state index >= 15 is 0 Å². The Morgan fingerprint density at radius 2 is 2.03 bits per heavy atom. The van der Waals surface area contributed by atoms with Gasteiger partial charge in [0.1, 0.15) is 24.0 Å². The molecule has 11 heteroatoms. The number of rotatable bonds is 8. The zero-order valence-electron chi connectivity index (χ0n) is 18.1. The monoisotopic (exact) mass is 605 g/mol. The number of carbonyl (C=O) groups is 1. The molecule has 9 nitrogen and oxygen atoms in total. The van der Waals surface area contributed by atoms with Crippen molar-refractivity contribution < 1.29 is 24.3 Å². The number of nitrogens with one attached hydrogen (secondary N) is 1. The number of halogens is 2. The van der Waals surface area contributed by atoms with Gasteiger partial charge in [-0.05, 0) is 58.5 Å². The molecule has 0 saturated carbocycles. The Kier molecular flexibility index (Phi) is 8.51. The molecule has 0 aromatic heterocycles. The van der Waals surface area contributed by atoms with Gasteiger partial charge in [-0.1, -0.05) is 29.8 Å². The summed E-state index contributed by atoms with van der Waals surface area (Å²) in [6.45, 7) is 0.214. The van der Waals surface area contributed by atoms with Crippen molar-refractivity contribution in [2.75, 3.05) is 12.4 Å². The van der Waals surface area contributed by atoms with E-state index < -0.39 is 16.6 Å². The molecule has 178 valence electrons. The molecule has 0 atom stereocenters. The average molecular weight is 606 g/mol. The molecular weight excluding hydrogens is 589 g/mol. The van der Waals surface area contributed by atoms with E-state index in [4.69, 9.17) is 21.1 Å². The van der Waals surface area contributed by atoms with E-state index in [-0.39, 0.29) is 23.6 Å². The van der Waals surface area contributed by atoms with Gasteiger partial charge in [-0.25, -0.2) is 0 Å².